The normalized spacial score (nSPS) is 12.9. The van der Waals surface area contributed by atoms with Gasteiger partial charge in [0.1, 0.15) is 0 Å². The predicted molar refractivity (Wildman–Crippen MR) is 111 cm³/mol. The van der Waals surface area contributed by atoms with E-state index in [1.807, 2.05) is 13.8 Å². The number of unbranched alkanes of at least 4 members (excludes halogenated alkanes) is 3. The van der Waals surface area contributed by atoms with Crippen molar-refractivity contribution >= 4 is 15.9 Å². The molecule has 0 bridgehead atoms. The smallest absolute Gasteiger partial charge is 0.243 e. The Kier molecular flexibility index (Phi) is 10.6. The minimum absolute atomic E-state index is 0.0535. The zero-order valence-electron chi connectivity index (χ0n) is 17.3. The van der Waals surface area contributed by atoms with Crippen molar-refractivity contribution in [2.75, 3.05) is 13.1 Å². The second kappa shape index (κ2) is 12.1. The minimum Gasteiger partial charge on any atom is -0.354 e. The van der Waals surface area contributed by atoms with Gasteiger partial charge in [-0.25, -0.2) is 8.42 Å². The lowest BCUT2D eigenvalue weighted by atomic mass is 10.1. The van der Waals surface area contributed by atoms with E-state index in [4.69, 9.17) is 0 Å². The second-order valence-electron chi connectivity index (χ2n) is 7.05. The SMILES string of the molecule is CCCCCCC(C)NC(=O)CCc1ccc(S(=O)(=O)N(CC)CC)cc1. The van der Waals surface area contributed by atoms with Crippen LogP contribution in [0.1, 0.15) is 71.8 Å². The number of hydrogen-bond acceptors (Lipinski definition) is 3. The molecule has 1 N–H and O–H groups in total. The van der Waals surface area contributed by atoms with E-state index in [2.05, 4.69) is 19.2 Å². The second-order valence-corrected chi connectivity index (χ2v) is 8.99. The molecule has 0 fully saturated rings. The molecule has 1 amide bonds. The van der Waals surface area contributed by atoms with Crippen LogP contribution >= 0.6 is 0 Å². The molecule has 1 unspecified atom stereocenters. The van der Waals surface area contributed by atoms with E-state index in [9.17, 15) is 13.2 Å². The summed E-state index contributed by atoms with van der Waals surface area (Å²) in [4.78, 5) is 12.4. The molecule has 1 aromatic rings. The van der Waals surface area contributed by atoms with Crippen LogP contribution in [-0.4, -0.2) is 37.8 Å². The number of hydrogen-bond donors (Lipinski definition) is 1. The zero-order valence-corrected chi connectivity index (χ0v) is 18.1. The van der Waals surface area contributed by atoms with Crippen molar-refractivity contribution < 1.29 is 13.2 Å². The molecule has 0 aliphatic heterocycles. The average Bonchev–Trinajstić information content (AvgIpc) is 2.64. The van der Waals surface area contributed by atoms with E-state index < -0.39 is 10.0 Å². The fourth-order valence-corrected chi connectivity index (χ4v) is 4.55. The number of nitrogens with one attached hydrogen (secondary N) is 1. The molecule has 0 aliphatic carbocycles. The fourth-order valence-electron chi connectivity index (χ4n) is 3.10. The maximum Gasteiger partial charge on any atom is 0.243 e. The summed E-state index contributed by atoms with van der Waals surface area (Å²) in [7, 11) is -3.42. The van der Waals surface area contributed by atoms with Crippen LogP contribution in [0.3, 0.4) is 0 Å². The lowest BCUT2D eigenvalue weighted by Gasteiger charge is -2.18. The summed E-state index contributed by atoms with van der Waals surface area (Å²) < 4.78 is 26.4. The van der Waals surface area contributed by atoms with Gasteiger partial charge in [0.05, 0.1) is 4.90 Å². The summed E-state index contributed by atoms with van der Waals surface area (Å²) in [6.45, 7) is 8.82. The molecule has 27 heavy (non-hydrogen) atoms. The van der Waals surface area contributed by atoms with Gasteiger partial charge in [-0.1, -0.05) is 58.6 Å². The van der Waals surface area contributed by atoms with Crippen LogP contribution in [-0.2, 0) is 21.2 Å². The maximum absolute atomic E-state index is 12.5. The van der Waals surface area contributed by atoms with Gasteiger partial charge in [0.2, 0.25) is 15.9 Å². The van der Waals surface area contributed by atoms with Crippen LogP contribution in [0, 0.1) is 0 Å². The Balaban J connectivity index is 2.48. The first-order chi connectivity index (χ1) is 12.8. The van der Waals surface area contributed by atoms with Gasteiger partial charge in [-0.3, -0.25) is 4.79 Å². The first kappa shape index (κ1) is 23.6. The molecule has 6 heteroatoms. The number of nitrogens with zero attached hydrogens (tertiary/aromatic N) is 1. The number of rotatable bonds is 13. The summed E-state index contributed by atoms with van der Waals surface area (Å²) >= 11 is 0. The van der Waals surface area contributed by atoms with Gasteiger partial charge >= 0.3 is 0 Å². The van der Waals surface area contributed by atoms with Crippen molar-refractivity contribution in [3.63, 3.8) is 0 Å². The number of carbonyl (C=O) groups excluding carboxylic acids is 1. The molecule has 154 valence electrons. The predicted octanol–water partition coefficient (Wildman–Crippen LogP) is 4.12. The highest BCUT2D eigenvalue weighted by molar-refractivity contribution is 7.89. The first-order valence-corrected chi connectivity index (χ1v) is 11.7. The van der Waals surface area contributed by atoms with E-state index in [1.54, 1.807) is 24.3 Å². The van der Waals surface area contributed by atoms with Gasteiger partial charge in [-0.2, -0.15) is 4.31 Å². The fraction of sp³-hybridized carbons (Fsp3) is 0.667. The third-order valence-corrected chi connectivity index (χ3v) is 6.87. The molecule has 1 atom stereocenters. The summed E-state index contributed by atoms with van der Waals surface area (Å²) in [6.07, 6.45) is 6.89. The van der Waals surface area contributed by atoms with E-state index in [0.29, 0.717) is 30.8 Å². The quantitative estimate of drug-likeness (QED) is 0.510. The van der Waals surface area contributed by atoms with Crippen molar-refractivity contribution in [3.05, 3.63) is 29.8 Å². The van der Waals surface area contributed by atoms with E-state index in [0.717, 1.165) is 18.4 Å². The van der Waals surface area contributed by atoms with Crippen molar-refractivity contribution in [2.24, 2.45) is 0 Å². The van der Waals surface area contributed by atoms with E-state index in [-0.39, 0.29) is 11.9 Å². The topological polar surface area (TPSA) is 66.5 Å². The molecule has 0 saturated carbocycles. The Morgan fingerprint density at radius 1 is 1.04 bits per heavy atom. The molecule has 1 aromatic carbocycles. The van der Waals surface area contributed by atoms with Crippen LogP contribution in [0.25, 0.3) is 0 Å². The third-order valence-electron chi connectivity index (χ3n) is 4.81. The summed E-state index contributed by atoms with van der Waals surface area (Å²) in [5.41, 5.74) is 0.972. The van der Waals surface area contributed by atoms with Gasteiger partial charge in [0.15, 0.2) is 0 Å². The molecule has 5 nitrogen and oxygen atoms in total. The van der Waals surface area contributed by atoms with Gasteiger partial charge < -0.3 is 5.32 Å². The Morgan fingerprint density at radius 2 is 1.67 bits per heavy atom. The molecule has 0 radical (unpaired) electrons. The largest absolute Gasteiger partial charge is 0.354 e. The summed E-state index contributed by atoms with van der Waals surface area (Å²) in [5.74, 6) is 0.0535. The van der Waals surface area contributed by atoms with Gasteiger partial charge in [0.25, 0.3) is 0 Å². The van der Waals surface area contributed by atoms with Gasteiger partial charge in [0, 0.05) is 25.6 Å². The molecule has 0 aliphatic rings. The molecule has 0 saturated heterocycles. The zero-order chi connectivity index (χ0) is 20.3. The Morgan fingerprint density at radius 3 is 2.22 bits per heavy atom. The standard InChI is InChI=1S/C21H36N2O3S/c1-5-8-9-10-11-18(4)22-21(24)17-14-19-12-15-20(16-13-19)27(25,26)23(6-2)7-3/h12-13,15-16,18H,5-11,14,17H2,1-4H3,(H,22,24). The Bertz CT molecular complexity index is 653. The lowest BCUT2D eigenvalue weighted by Crippen LogP contribution is -2.32. The average molecular weight is 397 g/mol. The number of sulfonamides is 1. The molecule has 1 rings (SSSR count). The molecule has 0 spiro atoms. The summed E-state index contributed by atoms with van der Waals surface area (Å²) in [5, 5.41) is 3.05. The van der Waals surface area contributed by atoms with Gasteiger partial charge in [-0.05, 0) is 37.5 Å². The lowest BCUT2D eigenvalue weighted by molar-refractivity contribution is -0.121. The van der Waals surface area contributed by atoms with Crippen molar-refractivity contribution in [1.29, 1.82) is 0 Å². The van der Waals surface area contributed by atoms with Crippen LogP contribution in [0.15, 0.2) is 29.2 Å². The van der Waals surface area contributed by atoms with Crippen molar-refractivity contribution in [2.45, 2.75) is 83.6 Å². The molecular formula is C21H36N2O3S. The molecule has 0 heterocycles. The number of aryl methyl sites for hydroxylation is 1. The van der Waals surface area contributed by atoms with Crippen LogP contribution in [0.5, 0.6) is 0 Å². The van der Waals surface area contributed by atoms with E-state index >= 15 is 0 Å². The van der Waals surface area contributed by atoms with Crippen LogP contribution in [0.2, 0.25) is 0 Å². The van der Waals surface area contributed by atoms with Gasteiger partial charge in [-0.15, -0.1) is 0 Å². The Hall–Kier alpha value is -1.40. The number of amides is 1. The van der Waals surface area contributed by atoms with E-state index in [1.165, 1.54) is 23.6 Å². The van der Waals surface area contributed by atoms with Crippen LogP contribution in [0.4, 0.5) is 0 Å². The maximum atomic E-state index is 12.5. The first-order valence-electron chi connectivity index (χ1n) is 10.2. The van der Waals surface area contributed by atoms with Crippen molar-refractivity contribution in [1.82, 2.24) is 9.62 Å². The monoisotopic (exact) mass is 396 g/mol. The highest BCUT2D eigenvalue weighted by Crippen LogP contribution is 2.17. The minimum atomic E-state index is -3.42. The molecular weight excluding hydrogens is 360 g/mol. The van der Waals surface area contributed by atoms with Crippen LogP contribution < -0.4 is 5.32 Å². The summed E-state index contributed by atoms with van der Waals surface area (Å²) in [6, 6.07) is 7.08. The van der Waals surface area contributed by atoms with Crippen molar-refractivity contribution in [3.8, 4) is 0 Å². The third kappa shape index (κ3) is 8.01. The number of benzene rings is 1. The Labute approximate surface area is 165 Å². The molecule has 0 aromatic heterocycles. The number of carbonyl (C=O) groups is 1. The highest BCUT2D eigenvalue weighted by atomic mass is 32.2. The highest BCUT2D eigenvalue weighted by Gasteiger charge is 2.21.